The van der Waals surface area contributed by atoms with Crippen LogP contribution in [0.2, 0.25) is 0 Å². The molecule has 16 heavy (non-hydrogen) atoms. The predicted octanol–water partition coefficient (Wildman–Crippen LogP) is 3.32. The second-order valence-electron chi connectivity index (χ2n) is 4.01. The van der Waals surface area contributed by atoms with Gasteiger partial charge in [-0.2, -0.15) is 5.10 Å². The van der Waals surface area contributed by atoms with E-state index in [-0.39, 0.29) is 0 Å². The largest absolute Gasteiger partial charge is 0.396 e. The maximum Gasteiger partial charge on any atom is 0.115 e. The van der Waals surface area contributed by atoms with Crippen LogP contribution in [0, 0.1) is 3.57 Å². The van der Waals surface area contributed by atoms with Crippen LogP contribution in [0.1, 0.15) is 19.9 Å². The molecule has 4 heteroatoms. The summed E-state index contributed by atoms with van der Waals surface area (Å²) in [5, 5.41) is 4.50. The number of nitrogens with zero attached hydrogens (tertiary/aromatic N) is 2. The molecular weight excluding hydrogens is 313 g/mol. The Balaban J connectivity index is 2.44. The van der Waals surface area contributed by atoms with E-state index < -0.39 is 0 Å². The van der Waals surface area contributed by atoms with Crippen molar-refractivity contribution in [3.8, 4) is 11.3 Å². The molecule has 0 aliphatic carbocycles. The molecule has 0 unspecified atom stereocenters. The van der Waals surface area contributed by atoms with Gasteiger partial charge in [0.1, 0.15) is 5.69 Å². The Morgan fingerprint density at radius 2 is 1.88 bits per heavy atom. The molecule has 0 fully saturated rings. The molecule has 2 N–H and O–H groups in total. The van der Waals surface area contributed by atoms with Gasteiger partial charge in [0.05, 0.1) is 5.69 Å². The van der Waals surface area contributed by atoms with Crippen molar-refractivity contribution in [3.63, 3.8) is 0 Å². The number of nitrogens with two attached hydrogens (primary N) is 1. The topological polar surface area (TPSA) is 43.8 Å². The minimum Gasteiger partial charge on any atom is -0.396 e. The lowest BCUT2D eigenvalue weighted by molar-refractivity contribution is 0.534. The number of rotatable bonds is 2. The summed E-state index contributed by atoms with van der Waals surface area (Å²) in [6.07, 6.45) is 1.89. The first-order valence-electron chi connectivity index (χ1n) is 5.18. The molecular formula is C12H14IN3. The van der Waals surface area contributed by atoms with Crippen molar-refractivity contribution in [2.24, 2.45) is 0 Å². The molecule has 1 heterocycles. The summed E-state index contributed by atoms with van der Waals surface area (Å²) in [6.45, 7) is 4.17. The highest BCUT2D eigenvalue weighted by Gasteiger charge is 2.09. The van der Waals surface area contributed by atoms with Crippen molar-refractivity contribution in [1.82, 2.24) is 9.78 Å². The normalized spacial score (nSPS) is 11.0. The lowest BCUT2D eigenvalue weighted by Gasteiger charge is -2.03. The highest BCUT2D eigenvalue weighted by atomic mass is 127. The first-order chi connectivity index (χ1) is 7.58. The number of halogens is 1. The molecule has 0 atom stereocenters. The molecule has 1 aromatic carbocycles. The van der Waals surface area contributed by atoms with E-state index in [1.165, 1.54) is 3.57 Å². The summed E-state index contributed by atoms with van der Waals surface area (Å²) >= 11 is 2.28. The van der Waals surface area contributed by atoms with E-state index in [1.807, 2.05) is 23.0 Å². The summed E-state index contributed by atoms with van der Waals surface area (Å²) in [5.74, 6) is 0. The van der Waals surface area contributed by atoms with Crippen LogP contribution in [0.5, 0.6) is 0 Å². The Hall–Kier alpha value is -1.04. The Morgan fingerprint density at radius 3 is 2.38 bits per heavy atom. The molecule has 0 aliphatic rings. The van der Waals surface area contributed by atoms with Gasteiger partial charge in [-0.1, -0.05) is 12.1 Å². The fourth-order valence-electron chi connectivity index (χ4n) is 1.50. The summed E-state index contributed by atoms with van der Waals surface area (Å²) in [5.41, 5.74) is 8.63. The third-order valence-corrected chi connectivity index (χ3v) is 3.13. The van der Waals surface area contributed by atoms with Gasteiger partial charge in [-0.05, 0) is 48.6 Å². The second-order valence-corrected chi connectivity index (χ2v) is 5.26. The highest BCUT2D eigenvalue weighted by Crippen LogP contribution is 2.25. The molecule has 0 amide bonds. The number of hydrogen-bond donors (Lipinski definition) is 1. The molecule has 0 aliphatic heterocycles. The Labute approximate surface area is 109 Å². The molecule has 0 radical (unpaired) electrons. The SMILES string of the molecule is CC(C)n1cc(N)c(-c2ccc(I)cc2)n1. The van der Waals surface area contributed by atoms with Crippen LogP contribution in [0.15, 0.2) is 30.5 Å². The smallest absolute Gasteiger partial charge is 0.115 e. The molecule has 0 spiro atoms. The molecule has 2 rings (SSSR count). The van der Waals surface area contributed by atoms with Crippen LogP contribution in [-0.2, 0) is 0 Å². The minimum absolute atomic E-state index is 0.333. The summed E-state index contributed by atoms with van der Waals surface area (Å²) in [7, 11) is 0. The zero-order chi connectivity index (χ0) is 11.7. The van der Waals surface area contributed by atoms with Gasteiger partial charge in [0.2, 0.25) is 0 Å². The average Bonchev–Trinajstić information content (AvgIpc) is 2.62. The van der Waals surface area contributed by atoms with E-state index in [9.17, 15) is 0 Å². The Bertz CT molecular complexity index is 485. The highest BCUT2D eigenvalue weighted by molar-refractivity contribution is 14.1. The predicted molar refractivity (Wildman–Crippen MR) is 75.2 cm³/mol. The quantitative estimate of drug-likeness (QED) is 0.860. The fourth-order valence-corrected chi connectivity index (χ4v) is 1.86. The van der Waals surface area contributed by atoms with E-state index in [0.29, 0.717) is 6.04 Å². The van der Waals surface area contributed by atoms with E-state index in [2.05, 4.69) is 53.7 Å². The molecule has 0 saturated heterocycles. The molecule has 84 valence electrons. The lowest BCUT2D eigenvalue weighted by Crippen LogP contribution is -2.00. The van der Waals surface area contributed by atoms with Crippen LogP contribution in [0.3, 0.4) is 0 Å². The molecule has 0 bridgehead atoms. The van der Waals surface area contributed by atoms with Gasteiger partial charge in [-0.15, -0.1) is 0 Å². The van der Waals surface area contributed by atoms with Crippen LogP contribution >= 0.6 is 22.6 Å². The van der Waals surface area contributed by atoms with Crippen molar-refractivity contribution in [3.05, 3.63) is 34.0 Å². The standard InChI is InChI=1S/C12H14IN3/c1-8(2)16-7-11(14)12(15-16)9-3-5-10(13)6-4-9/h3-8H,14H2,1-2H3. The number of hydrogen-bond acceptors (Lipinski definition) is 2. The zero-order valence-corrected chi connectivity index (χ0v) is 11.5. The third-order valence-electron chi connectivity index (χ3n) is 2.41. The van der Waals surface area contributed by atoms with Crippen molar-refractivity contribution in [2.75, 3.05) is 5.73 Å². The lowest BCUT2D eigenvalue weighted by atomic mass is 10.1. The van der Waals surface area contributed by atoms with Gasteiger partial charge >= 0.3 is 0 Å². The number of nitrogen functional groups attached to an aromatic ring is 1. The van der Waals surface area contributed by atoms with Crippen LogP contribution in [0.25, 0.3) is 11.3 Å². The van der Waals surface area contributed by atoms with Crippen molar-refractivity contribution in [2.45, 2.75) is 19.9 Å². The fraction of sp³-hybridized carbons (Fsp3) is 0.250. The van der Waals surface area contributed by atoms with E-state index in [4.69, 9.17) is 5.73 Å². The molecule has 3 nitrogen and oxygen atoms in total. The average molecular weight is 327 g/mol. The van der Waals surface area contributed by atoms with Crippen LogP contribution in [0.4, 0.5) is 5.69 Å². The van der Waals surface area contributed by atoms with Gasteiger partial charge < -0.3 is 5.73 Å². The number of aromatic nitrogens is 2. The van der Waals surface area contributed by atoms with Gasteiger partial charge in [-0.3, -0.25) is 4.68 Å². The molecule has 2 aromatic rings. The number of benzene rings is 1. The van der Waals surface area contributed by atoms with Gasteiger partial charge in [0.25, 0.3) is 0 Å². The first kappa shape index (κ1) is 11.4. The second kappa shape index (κ2) is 4.45. The van der Waals surface area contributed by atoms with Crippen molar-refractivity contribution < 1.29 is 0 Å². The number of anilines is 1. The van der Waals surface area contributed by atoms with Crippen molar-refractivity contribution in [1.29, 1.82) is 0 Å². The van der Waals surface area contributed by atoms with Crippen LogP contribution in [-0.4, -0.2) is 9.78 Å². The van der Waals surface area contributed by atoms with E-state index in [1.54, 1.807) is 0 Å². The third kappa shape index (κ3) is 2.21. The van der Waals surface area contributed by atoms with E-state index >= 15 is 0 Å². The Morgan fingerprint density at radius 1 is 1.25 bits per heavy atom. The van der Waals surface area contributed by atoms with Gasteiger partial charge in [0.15, 0.2) is 0 Å². The minimum atomic E-state index is 0.333. The van der Waals surface area contributed by atoms with Crippen molar-refractivity contribution >= 4 is 28.3 Å². The summed E-state index contributed by atoms with van der Waals surface area (Å²) in [6, 6.07) is 8.55. The summed E-state index contributed by atoms with van der Waals surface area (Å²) < 4.78 is 3.10. The first-order valence-corrected chi connectivity index (χ1v) is 6.26. The zero-order valence-electron chi connectivity index (χ0n) is 9.31. The Kier molecular flexibility index (Phi) is 3.18. The maximum atomic E-state index is 5.96. The monoisotopic (exact) mass is 327 g/mol. The molecule has 1 aromatic heterocycles. The summed E-state index contributed by atoms with van der Waals surface area (Å²) in [4.78, 5) is 0. The maximum absolute atomic E-state index is 5.96. The van der Waals surface area contributed by atoms with E-state index in [0.717, 1.165) is 16.9 Å². The van der Waals surface area contributed by atoms with Crippen LogP contribution < -0.4 is 5.73 Å². The molecule has 0 saturated carbocycles. The van der Waals surface area contributed by atoms with Gasteiger partial charge in [0, 0.05) is 21.4 Å². The van der Waals surface area contributed by atoms with Gasteiger partial charge in [-0.25, -0.2) is 0 Å².